The van der Waals surface area contributed by atoms with E-state index < -0.39 is 0 Å². The molecule has 26 heavy (non-hydrogen) atoms. The molecule has 0 saturated heterocycles. The molecular formula is C21H22N4O. The second-order valence-electron chi connectivity index (χ2n) is 6.58. The Hall–Kier alpha value is -2.95. The molecule has 1 aliphatic heterocycles. The van der Waals surface area contributed by atoms with Crippen LogP contribution in [0.15, 0.2) is 54.6 Å². The van der Waals surface area contributed by atoms with Crippen LogP contribution in [0, 0.1) is 0 Å². The van der Waals surface area contributed by atoms with Gasteiger partial charge in [-0.15, -0.1) is 10.2 Å². The lowest BCUT2D eigenvalue weighted by Gasteiger charge is -2.28. The first-order valence-corrected chi connectivity index (χ1v) is 9.08. The van der Waals surface area contributed by atoms with Gasteiger partial charge in [0, 0.05) is 25.1 Å². The molecule has 5 nitrogen and oxygen atoms in total. The monoisotopic (exact) mass is 346 g/mol. The highest BCUT2D eigenvalue weighted by Crippen LogP contribution is 2.20. The van der Waals surface area contributed by atoms with Gasteiger partial charge in [0.25, 0.3) is 5.91 Å². The summed E-state index contributed by atoms with van der Waals surface area (Å²) in [6.45, 7) is 4.05. The summed E-state index contributed by atoms with van der Waals surface area (Å²) >= 11 is 0. The van der Waals surface area contributed by atoms with Crippen molar-refractivity contribution in [3.63, 3.8) is 0 Å². The highest BCUT2D eigenvalue weighted by Gasteiger charge is 2.25. The zero-order chi connectivity index (χ0) is 17.9. The van der Waals surface area contributed by atoms with Gasteiger partial charge in [-0.3, -0.25) is 4.79 Å². The Morgan fingerprint density at radius 3 is 2.58 bits per heavy atom. The van der Waals surface area contributed by atoms with Crippen LogP contribution < -0.4 is 0 Å². The second-order valence-corrected chi connectivity index (χ2v) is 6.58. The first-order chi connectivity index (χ1) is 12.8. The molecule has 2 heterocycles. The van der Waals surface area contributed by atoms with Crippen molar-refractivity contribution in [2.75, 3.05) is 6.54 Å². The van der Waals surface area contributed by atoms with Crippen molar-refractivity contribution in [1.29, 1.82) is 0 Å². The molecule has 4 rings (SSSR count). The first-order valence-electron chi connectivity index (χ1n) is 9.08. The van der Waals surface area contributed by atoms with Crippen molar-refractivity contribution in [3.8, 4) is 0 Å². The minimum Gasteiger partial charge on any atom is -0.329 e. The maximum atomic E-state index is 13.2. The molecule has 5 heteroatoms. The third kappa shape index (κ3) is 3.12. The van der Waals surface area contributed by atoms with Crippen molar-refractivity contribution in [1.82, 2.24) is 19.7 Å². The summed E-state index contributed by atoms with van der Waals surface area (Å²) in [7, 11) is 0. The smallest absolute Gasteiger partial charge is 0.254 e. The van der Waals surface area contributed by atoms with E-state index in [1.807, 2.05) is 47.4 Å². The summed E-state index contributed by atoms with van der Waals surface area (Å²) in [5.41, 5.74) is 3.05. The molecule has 1 aliphatic rings. The normalized spacial score (nSPS) is 13.5. The Morgan fingerprint density at radius 1 is 1.00 bits per heavy atom. The molecule has 1 aromatic heterocycles. The Labute approximate surface area is 153 Å². The number of carbonyl (C=O) groups excluding carboxylic acids is 1. The number of nitrogens with zero attached hydrogens (tertiary/aromatic N) is 4. The summed E-state index contributed by atoms with van der Waals surface area (Å²) in [6.07, 6.45) is 1.62. The number of aromatic nitrogens is 3. The maximum Gasteiger partial charge on any atom is 0.254 e. The van der Waals surface area contributed by atoms with Crippen LogP contribution >= 0.6 is 0 Å². The molecule has 0 fully saturated rings. The van der Waals surface area contributed by atoms with Crippen molar-refractivity contribution < 1.29 is 4.79 Å². The zero-order valence-corrected chi connectivity index (χ0v) is 14.9. The number of hydrogen-bond acceptors (Lipinski definition) is 3. The van der Waals surface area contributed by atoms with E-state index in [1.165, 1.54) is 5.56 Å². The Bertz CT molecular complexity index is 917. The third-order valence-corrected chi connectivity index (χ3v) is 4.92. The van der Waals surface area contributed by atoms with Crippen LogP contribution in [0.2, 0.25) is 0 Å². The lowest BCUT2D eigenvalue weighted by Crippen LogP contribution is -2.39. The number of fused-ring (bicyclic) bond motifs is 1. The number of amides is 1. The standard InChI is InChI=1S/C21H22N4O/c1-2-19-22-23-20-15-24(12-13-25(19)20)21(26)18-11-7-6-10-17(18)14-16-8-4-3-5-9-16/h3-11H,2,12-15H2,1H3. The van der Waals surface area contributed by atoms with Gasteiger partial charge in [0.2, 0.25) is 0 Å². The van der Waals surface area contributed by atoms with E-state index >= 15 is 0 Å². The van der Waals surface area contributed by atoms with E-state index in [2.05, 4.69) is 33.8 Å². The van der Waals surface area contributed by atoms with Crippen LogP contribution in [0.25, 0.3) is 0 Å². The molecule has 0 saturated carbocycles. The Kier molecular flexibility index (Phi) is 4.52. The first kappa shape index (κ1) is 16.5. The van der Waals surface area contributed by atoms with Crippen LogP contribution in [0.5, 0.6) is 0 Å². The molecule has 132 valence electrons. The van der Waals surface area contributed by atoms with Gasteiger partial charge >= 0.3 is 0 Å². The maximum absolute atomic E-state index is 13.2. The third-order valence-electron chi connectivity index (χ3n) is 4.92. The SMILES string of the molecule is CCc1nnc2n1CCN(C(=O)c1ccccc1Cc1ccccc1)C2. The Morgan fingerprint density at radius 2 is 1.77 bits per heavy atom. The molecule has 0 aliphatic carbocycles. The quantitative estimate of drug-likeness (QED) is 0.729. The van der Waals surface area contributed by atoms with E-state index in [1.54, 1.807) is 0 Å². The molecule has 0 N–H and O–H groups in total. The topological polar surface area (TPSA) is 51.0 Å². The summed E-state index contributed by atoms with van der Waals surface area (Å²) in [6, 6.07) is 18.2. The fraction of sp³-hybridized carbons (Fsp3) is 0.286. The summed E-state index contributed by atoms with van der Waals surface area (Å²) < 4.78 is 2.14. The van der Waals surface area contributed by atoms with Crippen LogP contribution in [0.3, 0.4) is 0 Å². The van der Waals surface area contributed by atoms with Gasteiger partial charge in [-0.05, 0) is 23.6 Å². The van der Waals surface area contributed by atoms with Crippen molar-refractivity contribution in [2.24, 2.45) is 0 Å². The van der Waals surface area contributed by atoms with Crippen LogP contribution in [0.4, 0.5) is 0 Å². The van der Waals surface area contributed by atoms with Gasteiger partial charge in [-0.1, -0.05) is 55.5 Å². The molecule has 3 aromatic rings. The number of carbonyl (C=O) groups is 1. The van der Waals surface area contributed by atoms with Crippen LogP contribution in [0.1, 0.15) is 40.1 Å². The highest BCUT2D eigenvalue weighted by molar-refractivity contribution is 5.95. The highest BCUT2D eigenvalue weighted by atomic mass is 16.2. The van der Waals surface area contributed by atoms with Crippen LogP contribution in [-0.4, -0.2) is 32.1 Å². The van der Waals surface area contributed by atoms with Crippen molar-refractivity contribution >= 4 is 5.91 Å². The van der Waals surface area contributed by atoms with Gasteiger partial charge in [0.15, 0.2) is 5.82 Å². The predicted octanol–water partition coefficient (Wildman–Crippen LogP) is 3.09. The fourth-order valence-corrected chi connectivity index (χ4v) is 3.52. The molecule has 0 unspecified atom stereocenters. The summed E-state index contributed by atoms with van der Waals surface area (Å²) in [5.74, 6) is 1.95. The Balaban J connectivity index is 1.57. The largest absolute Gasteiger partial charge is 0.329 e. The van der Waals surface area contributed by atoms with E-state index in [0.29, 0.717) is 13.1 Å². The fourth-order valence-electron chi connectivity index (χ4n) is 3.52. The van der Waals surface area contributed by atoms with Gasteiger partial charge in [-0.2, -0.15) is 0 Å². The number of rotatable bonds is 4. The van der Waals surface area contributed by atoms with Gasteiger partial charge < -0.3 is 9.47 Å². The van der Waals surface area contributed by atoms with Crippen LogP contribution in [-0.2, 0) is 25.9 Å². The molecule has 0 bridgehead atoms. The van der Waals surface area contributed by atoms with E-state index in [0.717, 1.165) is 42.2 Å². The average Bonchev–Trinajstić information content (AvgIpc) is 3.11. The summed E-state index contributed by atoms with van der Waals surface area (Å²) in [5, 5.41) is 8.49. The predicted molar refractivity (Wildman–Crippen MR) is 99.8 cm³/mol. The molecular weight excluding hydrogens is 324 g/mol. The second kappa shape index (κ2) is 7.12. The van der Waals surface area contributed by atoms with E-state index in [9.17, 15) is 4.79 Å². The van der Waals surface area contributed by atoms with Gasteiger partial charge in [-0.25, -0.2) is 0 Å². The van der Waals surface area contributed by atoms with E-state index in [4.69, 9.17) is 0 Å². The molecule has 0 atom stereocenters. The summed E-state index contributed by atoms with van der Waals surface area (Å²) in [4.78, 5) is 15.0. The molecule has 0 spiro atoms. The molecule has 1 amide bonds. The zero-order valence-electron chi connectivity index (χ0n) is 14.9. The lowest BCUT2D eigenvalue weighted by molar-refractivity contribution is 0.0705. The van der Waals surface area contributed by atoms with Gasteiger partial charge in [0.05, 0.1) is 6.54 Å². The van der Waals surface area contributed by atoms with Crippen molar-refractivity contribution in [2.45, 2.75) is 32.9 Å². The minimum atomic E-state index is 0.0730. The van der Waals surface area contributed by atoms with Gasteiger partial charge in [0.1, 0.15) is 5.82 Å². The number of benzene rings is 2. The number of hydrogen-bond donors (Lipinski definition) is 0. The van der Waals surface area contributed by atoms with Crippen molar-refractivity contribution in [3.05, 3.63) is 82.9 Å². The average molecular weight is 346 g/mol. The molecule has 2 aromatic carbocycles. The molecule has 0 radical (unpaired) electrons. The number of aryl methyl sites for hydroxylation is 1. The minimum absolute atomic E-state index is 0.0730. The van der Waals surface area contributed by atoms with E-state index in [-0.39, 0.29) is 5.91 Å². The lowest BCUT2D eigenvalue weighted by atomic mass is 9.99.